The summed E-state index contributed by atoms with van der Waals surface area (Å²) in [4.78, 5) is 0. The third kappa shape index (κ3) is 6.90. The van der Waals surface area contributed by atoms with E-state index in [9.17, 15) is 0 Å². The lowest BCUT2D eigenvalue weighted by Crippen LogP contribution is -2.03. The molecular weight excluding hydrogens is 673 g/mol. The van der Waals surface area contributed by atoms with Gasteiger partial charge in [-0.1, -0.05) is 171 Å². The molecule has 0 nitrogen and oxygen atoms in total. The van der Waals surface area contributed by atoms with Gasteiger partial charge in [-0.3, -0.25) is 0 Å². The molecule has 0 spiro atoms. The second-order valence-electron chi connectivity index (χ2n) is 15.3. The summed E-state index contributed by atoms with van der Waals surface area (Å²) >= 11 is 0. The van der Waals surface area contributed by atoms with Crippen LogP contribution in [0.15, 0.2) is 181 Å². The molecular formula is C56H52. The molecule has 0 fully saturated rings. The van der Waals surface area contributed by atoms with Gasteiger partial charge in [0, 0.05) is 0 Å². The Morgan fingerprint density at radius 2 is 1.32 bits per heavy atom. The van der Waals surface area contributed by atoms with E-state index in [1.807, 2.05) is 13.8 Å². The molecule has 0 radical (unpaired) electrons. The maximum Gasteiger partial charge on any atom is -0.00172 e. The number of rotatable bonds is 3. The zero-order valence-corrected chi connectivity index (χ0v) is 33.7. The molecule has 0 saturated heterocycles. The average molecular weight is 725 g/mol. The molecule has 7 aromatic carbocycles. The van der Waals surface area contributed by atoms with Crippen LogP contribution in [-0.2, 0) is 6.42 Å². The molecule has 0 amide bonds. The van der Waals surface area contributed by atoms with Gasteiger partial charge in [-0.25, -0.2) is 0 Å². The monoisotopic (exact) mass is 724 g/mol. The molecule has 7 aromatic rings. The van der Waals surface area contributed by atoms with Gasteiger partial charge in [0.05, 0.1) is 0 Å². The third-order valence-corrected chi connectivity index (χ3v) is 11.8. The highest BCUT2D eigenvalue weighted by Gasteiger charge is 2.22. The predicted octanol–water partition coefficient (Wildman–Crippen LogP) is 16.3. The molecule has 276 valence electrons. The highest BCUT2D eigenvalue weighted by molar-refractivity contribution is 6.29. The Hall–Kier alpha value is -5.98. The lowest BCUT2D eigenvalue weighted by molar-refractivity contribution is 0.921. The SMILES string of the molecule is C=C1/C=C\C(C2=CC(c3ccccc3C)=C(C)CC2)=C/Cc2c1c1cccc3cc(-c4ccc5ccccc5c4)c4cccc2c4c31.CC.CC1=CCCC=C1. The highest BCUT2D eigenvalue weighted by atomic mass is 14.3. The fourth-order valence-corrected chi connectivity index (χ4v) is 8.95. The first-order chi connectivity index (χ1) is 27.4. The summed E-state index contributed by atoms with van der Waals surface area (Å²) < 4.78 is 0. The standard InChI is InChI=1S/C47H36.C7H10.C2H6/c1-29-10-4-7-14-38(29)43-27-35(21-18-30(43)2)33-20-19-31(3)45-41(25-24-33)39-15-9-16-40-44(28-37-13-8-17-42(45)46(37)47(39)40)36-23-22-32-11-5-6-12-34(32)26-36;1-7-5-3-2-4-6-7;1-2/h4-17,19-20,22-24,26-28H,3,18,21,25H2,1-2H3;3,5-6H,2,4H2,1H3;1-2H3/b20-19-,33-24+;;. The molecule has 0 unspecified atom stereocenters. The van der Waals surface area contributed by atoms with Gasteiger partial charge in [0.1, 0.15) is 0 Å². The number of hydrogen-bond acceptors (Lipinski definition) is 0. The van der Waals surface area contributed by atoms with Gasteiger partial charge >= 0.3 is 0 Å². The molecule has 0 N–H and O–H groups in total. The Morgan fingerprint density at radius 1 is 0.571 bits per heavy atom. The number of aryl methyl sites for hydroxylation is 1. The van der Waals surface area contributed by atoms with E-state index in [1.54, 1.807) is 0 Å². The molecule has 0 aromatic heterocycles. The van der Waals surface area contributed by atoms with Crippen molar-refractivity contribution < 1.29 is 0 Å². The minimum absolute atomic E-state index is 0.864. The van der Waals surface area contributed by atoms with Gasteiger partial charge in [-0.15, -0.1) is 0 Å². The van der Waals surface area contributed by atoms with Crippen LogP contribution in [0.2, 0.25) is 0 Å². The van der Waals surface area contributed by atoms with E-state index < -0.39 is 0 Å². The Balaban J connectivity index is 0.000000439. The second kappa shape index (κ2) is 16.0. The molecule has 0 heteroatoms. The topological polar surface area (TPSA) is 0 Å². The van der Waals surface area contributed by atoms with Crippen LogP contribution in [-0.4, -0.2) is 0 Å². The van der Waals surface area contributed by atoms with Crippen molar-refractivity contribution in [2.75, 3.05) is 0 Å². The summed E-state index contributed by atoms with van der Waals surface area (Å²) in [6.45, 7) is 15.3. The summed E-state index contributed by atoms with van der Waals surface area (Å²) in [5, 5.41) is 10.5. The van der Waals surface area contributed by atoms with Crippen LogP contribution < -0.4 is 0 Å². The first-order valence-electron chi connectivity index (χ1n) is 20.5. The van der Waals surface area contributed by atoms with Gasteiger partial charge < -0.3 is 0 Å². The van der Waals surface area contributed by atoms with E-state index in [-0.39, 0.29) is 0 Å². The summed E-state index contributed by atoms with van der Waals surface area (Å²) in [6.07, 6.45) is 21.6. The maximum atomic E-state index is 4.68. The van der Waals surface area contributed by atoms with E-state index in [2.05, 4.69) is 179 Å². The lowest BCUT2D eigenvalue weighted by Gasteiger charge is -2.24. The lowest BCUT2D eigenvalue weighted by atomic mass is 9.80. The predicted molar refractivity (Wildman–Crippen MR) is 248 cm³/mol. The molecule has 56 heavy (non-hydrogen) atoms. The first kappa shape index (κ1) is 37.0. The first-order valence-corrected chi connectivity index (χ1v) is 20.5. The number of hydrogen-bond donors (Lipinski definition) is 0. The van der Waals surface area contributed by atoms with Crippen LogP contribution in [0.3, 0.4) is 0 Å². The Kier molecular flexibility index (Phi) is 10.6. The maximum absolute atomic E-state index is 4.68. The van der Waals surface area contributed by atoms with Gasteiger partial charge in [0.25, 0.3) is 0 Å². The van der Waals surface area contributed by atoms with Crippen LogP contribution in [0, 0.1) is 6.92 Å². The van der Waals surface area contributed by atoms with Crippen molar-refractivity contribution in [1.29, 1.82) is 0 Å². The van der Waals surface area contributed by atoms with Crippen molar-refractivity contribution in [2.24, 2.45) is 0 Å². The van der Waals surface area contributed by atoms with E-state index in [0.29, 0.717) is 0 Å². The summed E-state index contributed by atoms with van der Waals surface area (Å²) in [6, 6.07) is 40.4. The van der Waals surface area contributed by atoms with E-state index >= 15 is 0 Å². The van der Waals surface area contributed by atoms with E-state index in [1.165, 1.54) is 117 Å². The van der Waals surface area contributed by atoms with Crippen molar-refractivity contribution >= 4 is 54.2 Å². The quantitative estimate of drug-likeness (QED) is 0.159. The van der Waals surface area contributed by atoms with Crippen molar-refractivity contribution in [3.05, 3.63) is 203 Å². The fourth-order valence-electron chi connectivity index (χ4n) is 8.95. The largest absolute Gasteiger partial charge is 0.0911 e. The third-order valence-electron chi connectivity index (χ3n) is 11.8. The van der Waals surface area contributed by atoms with Crippen molar-refractivity contribution in [1.82, 2.24) is 0 Å². The minimum atomic E-state index is 0.864. The van der Waals surface area contributed by atoms with Gasteiger partial charge in [0.2, 0.25) is 0 Å². The molecule has 3 aliphatic rings. The Bertz CT molecular complexity index is 2820. The highest BCUT2D eigenvalue weighted by Crippen LogP contribution is 2.46. The number of benzene rings is 7. The van der Waals surface area contributed by atoms with E-state index in [0.717, 1.165) is 24.8 Å². The fraction of sp³-hybridized carbons (Fsp3) is 0.179. The molecule has 0 aliphatic heterocycles. The van der Waals surface area contributed by atoms with Gasteiger partial charge in [0.15, 0.2) is 0 Å². The van der Waals surface area contributed by atoms with Crippen LogP contribution >= 0.6 is 0 Å². The van der Waals surface area contributed by atoms with Crippen LogP contribution in [0.5, 0.6) is 0 Å². The molecule has 0 saturated carbocycles. The van der Waals surface area contributed by atoms with Crippen LogP contribution in [0.1, 0.15) is 75.6 Å². The molecule has 0 bridgehead atoms. The van der Waals surface area contributed by atoms with Crippen molar-refractivity contribution in [2.45, 2.75) is 66.7 Å². The smallest absolute Gasteiger partial charge is 0.00172 e. The normalized spacial score (nSPS) is 16.9. The second-order valence-corrected chi connectivity index (χ2v) is 15.3. The zero-order chi connectivity index (χ0) is 38.8. The van der Waals surface area contributed by atoms with Crippen LogP contribution in [0.25, 0.3) is 65.4 Å². The van der Waals surface area contributed by atoms with Crippen LogP contribution in [0.4, 0.5) is 0 Å². The number of fused-ring (bicyclic) bond motifs is 4. The number of allylic oxidation sites excluding steroid dienone is 13. The molecule has 10 rings (SSSR count). The summed E-state index contributed by atoms with van der Waals surface area (Å²) in [7, 11) is 0. The summed E-state index contributed by atoms with van der Waals surface area (Å²) in [5.41, 5.74) is 16.0. The van der Waals surface area contributed by atoms with Crippen molar-refractivity contribution in [3.8, 4) is 11.1 Å². The average Bonchev–Trinajstić information content (AvgIpc) is 3.23. The van der Waals surface area contributed by atoms with Crippen molar-refractivity contribution in [3.63, 3.8) is 0 Å². The van der Waals surface area contributed by atoms with Gasteiger partial charge in [-0.05, 0) is 164 Å². The van der Waals surface area contributed by atoms with E-state index in [4.69, 9.17) is 0 Å². The molecule has 0 atom stereocenters. The molecule has 0 heterocycles. The Morgan fingerprint density at radius 3 is 2.11 bits per heavy atom. The summed E-state index contributed by atoms with van der Waals surface area (Å²) in [5.74, 6) is 0. The Labute approximate surface area is 333 Å². The molecule has 3 aliphatic carbocycles. The zero-order valence-electron chi connectivity index (χ0n) is 33.7. The van der Waals surface area contributed by atoms with Gasteiger partial charge in [-0.2, -0.15) is 0 Å². The minimum Gasteiger partial charge on any atom is -0.0911 e.